The molecule has 0 amide bonds. The highest BCUT2D eigenvalue weighted by molar-refractivity contribution is 5.09. The van der Waals surface area contributed by atoms with Crippen LogP contribution in [0.4, 0.5) is 0 Å². The van der Waals surface area contributed by atoms with Crippen molar-refractivity contribution in [2.75, 3.05) is 0 Å². The van der Waals surface area contributed by atoms with Gasteiger partial charge in [-0.3, -0.25) is 0 Å². The fourth-order valence-corrected chi connectivity index (χ4v) is 7.44. The number of aliphatic hydroxyl groups is 1. The summed E-state index contributed by atoms with van der Waals surface area (Å²) in [5.41, 5.74) is 0.886. The summed E-state index contributed by atoms with van der Waals surface area (Å²) < 4.78 is 0. The lowest BCUT2D eigenvalue weighted by Gasteiger charge is -2.60. The molecule has 4 saturated carbocycles. The first-order chi connectivity index (χ1) is 9.95. The zero-order valence-corrected chi connectivity index (χ0v) is 14.3. The van der Waals surface area contributed by atoms with E-state index in [-0.39, 0.29) is 11.5 Å². The van der Waals surface area contributed by atoms with Gasteiger partial charge >= 0.3 is 0 Å². The molecule has 4 rings (SSSR count). The average Bonchev–Trinajstić information content (AvgIpc) is 2.76. The zero-order valence-electron chi connectivity index (χ0n) is 14.3. The fraction of sp³-hybridized carbons (Fsp3) is 1.00. The molecule has 0 aliphatic heterocycles. The Morgan fingerprint density at radius 1 is 0.810 bits per heavy atom. The van der Waals surface area contributed by atoms with Crippen molar-refractivity contribution in [2.24, 2.45) is 40.4 Å². The maximum atomic E-state index is 10.5. The van der Waals surface area contributed by atoms with Crippen LogP contribution >= 0.6 is 0 Å². The summed E-state index contributed by atoms with van der Waals surface area (Å²) in [6.07, 6.45) is 12.4. The standard InChI is InChI=1S/C20H34O/c1-13-8-10-19(2)14(12-13)4-5-15-16-6-7-18(21)20(16,3)11-9-17(15)19/h13-18,21H,4-12H2,1-3H3. The van der Waals surface area contributed by atoms with E-state index in [0.717, 1.165) is 36.0 Å². The summed E-state index contributed by atoms with van der Waals surface area (Å²) >= 11 is 0. The third-order valence-electron chi connectivity index (χ3n) is 8.88. The van der Waals surface area contributed by atoms with E-state index in [9.17, 15) is 5.11 Å². The monoisotopic (exact) mass is 290 g/mol. The topological polar surface area (TPSA) is 20.2 Å². The highest BCUT2D eigenvalue weighted by atomic mass is 16.3. The smallest absolute Gasteiger partial charge is 0.0596 e. The Bertz CT molecular complexity index is 418. The molecule has 21 heavy (non-hydrogen) atoms. The first-order valence-electron chi connectivity index (χ1n) is 9.63. The molecular formula is C20H34O. The van der Waals surface area contributed by atoms with E-state index in [1.807, 2.05) is 0 Å². The van der Waals surface area contributed by atoms with Crippen LogP contribution in [0.25, 0.3) is 0 Å². The van der Waals surface area contributed by atoms with Gasteiger partial charge in [-0.1, -0.05) is 27.2 Å². The second-order valence-corrected chi connectivity index (χ2v) is 9.67. The molecule has 0 aromatic carbocycles. The van der Waals surface area contributed by atoms with Crippen LogP contribution in [-0.2, 0) is 0 Å². The molecule has 1 nitrogen and oxygen atoms in total. The molecule has 8 unspecified atom stereocenters. The van der Waals surface area contributed by atoms with Crippen LogP contribution in [0, 0.1) is 40.4 Å². The van der Waals surface area contributed by atoms with Crippen molar-refractivity contribution in [2.45, 2.75) is 84.7 Å². The van der Waals surface area contributed by atoms with Crippen molar-refractivity contribution in [3.63, 3.8) is 0 Å². The van der Waals surface area contributed by atoms with Crippen molar-refractivity contribution >= 4 is 0 Å². The normalized spacial score (nSPS) is 60.0. The van der Waals surface area contributed by atoms with Gasteiger partial charge in [-0.2, -0.15) is 0 Å². The lowest BCUT2D eigenvalue weighted by Crippen LogP contribution is -2.53. The first kappa shape index (κ1) is 14.5. The Morgan fingerprint density at radius 2 is 1.52 bits per heavy atom. The second-order valence-electron chi connectivity index (χ2n) is 9.67. The van der Waals surface area contributed by atoms with Gasteiger partial charge in [-0.25, -0.2) is 0 Å². The van der Waals surface area contributed by atoms with Gasteiger partial charge in [0.15, 0.2) is 0 Å². The minimum Gasteiger partial charge on any atom is -0.393 e. The van der Waals surface area contributed by atoms with Crippen LogP contribution in [-0.4, -0.2) is 11.2 Å². The highest BCUT2D eigenvalue weighted by Crippen LogP contribution is 2.66. The molecule has 4 aliphatic rings. The van der Waals surface area contributed by atoms with Gasteiger partial charge in [0.05, 0.1) is 6.10 Å². The van der Waals surface area contributed by atoms with Crippen molar-refractivity contribution in [1.82, 2.24) is 0 Å². The van der Waals surface area contributed by atoms with Gasteiger partial charge in [-0.05, 0) is 91.8 Å². The number of fused-ring (bicyclic) bond motifs is 5. The Morgan fingerprint density at radius 3 is 2.33 bits per heavy atom. The molecule has 0 heterocycles. The second kappa shape index (κ2) is 4.73. The maximum absolute atomic E-state index is 10.5. The van der Waals surface area contributed by atoms with E-state index < -0.39 is 0 Å². The van der Waals surface area contributed by atoms with Crippen LogP contribution in [0.2, 0.25) is 0 Å². The predicted molar refractivity (Wildman–Crippen MR) is 86.9 cm³/mol. The molecule has 1 heteroatoms. The van der Waals surface area contributed by atoms with Crippen molar-refractivity contribution in [3.8, 4) is 0 Å². The maximum Gasteiger partial charge on any atom is 0.0596 e. The first-order valence-corrected chi connectivity index (χ1v) is 9.63. The number of hydrogen-bond donors (Lipinski definition) is 1. The van der Waals surface area contributed by atoms with Crippen molar-refractivity contribution < 1.29 is 5.11 Å². The Kier molecular flexibility index (Phi) is 3.27. The van der Waals surface area contributed by atoms with Gasteiger partial charge < -0.3 is 5.11 Å². The summed E-state index contributed by atoms with van der Waals surface area (Å²) in [5, 5.41) is 10.5. The summed E-state index contributed by atoms with van der Waals surface area (Å²) in [4.78, 5) is 0. The van der Waals surface area contributed by atoms with Crippen LogP contribution in [0.5, 0.6) is 0 Å². The number of rotatable bonds is 0. The molecule has 0 saturated heterocycles. The molecule has 0 spiro atoms. The fourth-order valence-electron chi connectivity index (χ4n) is 7.44. The summed E-state index contributed by atoms with van der Waals surface area (Å²) in [6, 6.07) is 0. The predicted octanol–water partition coefficient (Wildman–Crippen LogP) is 5.03. The van der Waals surface area contributed by atoms with Gasteiger partial charge in [0.1, 0.15) is 0 Å². The lowest BCUT2D eigenvalue weighted by atomic mass is 9.44. The van der Waals surface area contributed by atoms with Crippen LogP contribution in [0.3, 0.4) is 0 Å². The van der Waals surface area contributed by atoms with E-state index in [1.54, 1.807) is 0 Å². The van der Waals surface area contributed by atoms with Gasteiger partial charge in [0, 0.05) is 0 Å². The van der Waals surface area contributed by atoms with E-state index in [0.29, 0.717) is 5.41 Å². The number of aliphatic hydroxyl groups excluding tert-OH is 1. The lowest BCUT2D eigenvalue weighted by molar-refractivity contribution is -0.125. The van der Waals surface area contributed by atoms with Crippen molar-refractivity contribution in [1.29, 1.82) is 0 Å². The molecule has 4 aliphatic carbocycles. The minimum atomic E-state index is -0.0136. The summed E-state index contributed by atoms with van der Waals surface area (Å²) in [7, 11) is 0. The van der Waals surface area contributed by atoms with E-state index >= 15 is 0 Å². The molecule has 0 aromatic heterocycles. The SMILES string of the molecule is CC1CCC2(C)C(CCC3C4CCC(O)C4(C)CCC32)C1. The van der Waals surface area contributed by atoms with Crippen LogP contribution in [0.15, 0.2) is 0 Å². The largest absolute Gasteiger partial charge is 0.393 e. The Balaban J connectivity index is 1.62. The average molecular weight is 290 g/mol. The van der Waals surface area contributed by atoms with Gasteiger partial charge in [-0.15, -0.1) is 0 Å². The van der Waals surface area contributed by atoms with Crippen molar-refractivity contribution in [3.05, 3.63) is 0 Å². The zero-order chi connectivity index (χ0) is 14.8. The molecule has 1 N–H and O–H groups in total. The Hall–Kier alpha value is -0.0400. The minimum absolute atomic E-state index is 0.0136. The third-order valence-corrected chi connectivity index (χ3v) is 8.88. The molecule has 0 bridgehead atoms. The number of hydrogen-bond acceptors (Lipinski definition) is 1. The third kappa shape index (κ3) is 1.92. The molecule has 120 valence electrons. The van der Waals surface area contributed by atoms with E-state index in [2.05, 4.69) is 20.8 Å². The molecular weight excluding hydrogens is 256 g/mol. The van der Waals surface area contributed by atoms with Gasteiger partial charge in [0.25, 0.3) is 0 Å². The van der Waals surface area contributed by atoms with Crippen LogP contribution in [0.1, 0.15) is 78.6 Å². The Labute approximate surface area is 130 Å². The summed E-state index contributed by atoms with van der Waals surface area (Å²) in [6.45, 7) is 7.52. The molecule has 8 atom stereocenters. The van der Waals surface area contributed by atoms with Gasteiger partial charge in [0.2, 0.25) is 0 Å². The molecule has 4 fully saturated rings. The van der Waals surface area contributed by atoms with E-state index in [4.69, 9.17) is 0 Å². The highest BCUT2D eigenvalue weighted by Gasteiger charge is 2.59. The van der Waals surface area contributed by atoms with E-state index in [1.165, 1.54) is 51.4 Å². The molecule has 0 aromatic rings. The summed E-state index contributed by atoms with van der Waals surface area (Å²) in [5.74, 6) is 4.67. The quantitative estimate of drug-likeness (QED) is 0.663. The van der Waals surface area contributed by atoms with Crippen LogP contribution < -0.4 is 0 Å². The molecule has 0 radical (unpaired) electrons.